The van der Waals surface area contributed by atoms with E-state index in [1.54, 1.807) is 7.11 Å². The van der Waals surface area contributed by atoms with E-state index in [1.165, 1.54) is 5.56 Å². The van der Waals surface area contributed by atoms with Gasteiger partial charge in [-0.1, -0.05) is 38.4 Å². The second-order valence-corrected chi connectivity index (χ2v) is 5.39. The number of rotatable bonds is 3. The molecule has 2 nitrogen and oxygen atoms in total. The lowest BCUT2D eigenvalue weighted by Gasteiger charge is -2.31. The van der Waals surface area contributed by atoms with Gasteiger partial charge in [0.05, 0.1) is 12.1 Å². The number of halogens is 1. The molecule has 1 rings (SSSR count). The minimum Gasteiger partial charge on any atom is -0.495 e. The molecule has 0 aliphatic heterocycles. The van der Waals surface area contributed by atoms with Crippen molar-refractivity contribution in [1.82, 2.24) is 5.32 Å². The summed E-state index contributed by atoms with van der Waals surface area (Å²) in [5, 5.41) is 3.98. The Balaban J connectivity index is 3.08. The normalized spacial score (nSPS) is 13.6. The Morgan fingerprint density at radius 2 is 1.94 bits per heavy atom. The molecule has 3 heteroatoms. The van der Waals surface area contributed by atoms with Gasteiger partial charge >= 0.3 is 0 Å². The highest BCUT2D eigenvalue weighted by atomic mass is 35.5. The Kier molecular flexibility index (Phi) is 4.22. The molecule has 16 heavy (non-hydrogen) atoms. The van der Waals surface area contributed by atoms with Gasteiger partial charge in [-0.25, -0.2) is 0 Å². The summed E-state index contributed by atoms with van der Waals surface area (Å²) in [6.07, 6.45) is 0. The zero-order valence-electron chi connectivity index (χ0n) is 10.6. The molecule has 0 amide bonds. The molecule has 1 atom stereocenters. The van der Waals surface area contributed by atoms with Crippen LogP contribution >= 0.6 is 11.6 Å². The summed E-state index contributed by atoms with van der Waals surface area (Å²) in [6.45, 7) is 6.60. The quantitative estimate of drug-likeness (QED) is 0.872. The van der Waals surface area contributed by atoms with Crippen molar-refractivity contribution < 1.29 is 4.74 Å². The van der Waals surface area contributed by atoms with Crippen LogP contribution in [0.25, 0.3) is 0 Å². The molecule has 0 saturated carbocycles. The number of benzene rings is 1. The van der Waals surface area contributed by atoms with Crippen LogP contribution in [0.5, 0.6) is 5.75 Å². The number of methoxy groups -OCH3 is 1. The first-order valence-electron chi connectivity index (χ1n) is 5.41. The van der Waals surface area contributed by atoms with Crippen molar-refractivity contribution in [3.8, 4) is 5.75 Å². The molecule has 90 valence electrons. The van der Waals surface area contributed by atoms with Crippen molar-refractivity contribution in [2.75, 3.05) is 14.2 Å². The predicted octanol–water partition coefficient (Wildman–Crippen LogP) is 3.66. The van der Waals surface area contributed by atoms with Gasteiger partial charge in [-0.2, -0.15) is 0 Å². The van der Waals surface area contributed by atoms with Gasteiger partial charge in [0.15, 0.2) is 0 Å². The Labute approximate surface area is 103 Å². The van der Waals surface area contributed by atoms with Crippen molar-refractivity contribution in [3.05, 3.63) is 28.8 Å². The Hall–Kier alpha value is -0.730. The van der Waals surface area contributed by atoms with E-state index in [9.17, 15) is 0 Å². The smallest absolute Gasteiger partial charge is 0.137 e. The molecule has 0 bridgehead atoms. The third kappa shape index (κ3) is 2.89. The van der Waals surface area contributed by atoms with E-state index in [2.05, 4.69) is 32.2 Å². The molecule has 0 aliphatic rings. The van der Waals surface area contributed by atoms with Crippen molar-refractivity contribution in [2.45, 2.75) is 26.8 Å². The molecule has 1 unspecified atom stereocenters. The number of hydrogen-bond acceptors (Lipinski definition) is 2. The van der Waals surface area contributed by atoms with Gasteiger partial charge < -0.3 is 10.1 Å². The maximum Gasteiger partial charge on any atom is 0.137 e. The first-order valence-corrected chi connectivity index (χ1v) is 5.78. The van der Waals surface area contributed by atoms with E-state index in [0.717, 1.165) is 0 Å². The van der Waals surface area contributed by atoms with E-state index in [4.69, 9.17) is 16.3 Å². The first kappa shape index (κ1) is 13.3. The molecule has 0 aliphatic carbocycles. The summed E-state index contributed by atoms with van der Waals surface area (Å²) >= 11 is 6.13. The molecule has 1 N–H and O–H groups in total. The van der Waals surface area contributed by atoms with Gasteiger partial charge in [0.25, 0.3) is 0 Å². The van der Waals surface area contributed by atoms with Crippen LogP contribution in [0.1, 0.15) is 32.4 Å². The van der Waals surface area contributed by atoms with Crippen molar-refractivity contribution in [3.63, 3.8) is 0 Å². The average Bonchev–Trinajstić information content (AvgIpc) is 2.17. The third-order valence-electron chi connectivity index (χ3n) is 2.66. The van der Waals surface area contributed by atoms with Crippen LogP contribution < -0.4 is 10.1 Å². The summed E-state index contributed by atoms with van der Waals surface area (Å²) in [5.74, 6) is 0.717. The second-order valence-electron chi connectivity index (χ2n) is 4.98. The highest BCUT2D eigenvalue weighted by molar-refractivity contribution is 6.32. The summed E-state index contributed by atoms with van der Waals surface area (Å²) < 4.78 is 5.15. The van der Waals surface area contributed by atoms with Crippen LogP contribution in [0, 0.1) is 5.41 Å². The Morgan fingerprint density at radius 3 is 2.31 bits per heavy atom. The lowest BCUT2D eigenvalue weighted by molar-refractivity contribution is 0.287. The topological polar surface area (TPSA) is 21.3 Å². The molecular formula is C13H20ClNO. The molecule has 0 fully saturated rings. The molecule has 0 saturated heterocycles. The zero-order chi connectivity index (χ0) is 12.3. The Bertz CT molecular complexity index is 357. The van der Waals surface area contributed by atoms with Gasteiger partial charge in [0.2, 0.25) is 0 Å². The van der Waals surface area contributed by atoms with E-state index in [1.807, 2.05) is 19.2 Å². The third-order valence-corrected chi connectivity index (χ3v) is 2.96. The van der Waals surface area contributed by atoms with Crippen LogP contribution in [0.15, 0.2) is 18.2 Å². The van der Waals surface area contributed by atoms with Crippen LogP contribution in [-0.2, 0) is 0 Å². The minimum atomic E-state index is 0.146. The summed E-state index contributed by atoms with van der Waals surface area (Å²) in [4.78, 5) is 0. The molecule has 0 heterocycles. The van der Waals surface area contributed by atoms with Crippen molar-refractivity contribution in [1.29, 1.82) is 0 Å². The standard InChI is InChI=1S/C13H20ClNO/c1-13(2,3)12(15-4)9-6-7-11(16-5)10(14)8-9/h6-8,12,15H,1-5H3. The maximum atomic E-state index is 6.13. The van der Waals surface area contributed by atoms with E-state index in [0.29, 0.717) is 10.8 Å². The average molecular weight is 242 g/mol. The fourth-order valence-electron chi connectivity index (χ4n) is 1.96. The maximum absolute atomic E-state index is 6.13. The van der Waals surface area contributed by atoms with Crippen molar-refractivity contribution in [2.24, 2.45) is 5.41 Å². The fourth-order valence-corrected chi connectivity index (χ4v) is 2.23. The molecule has 1 aromatic carbocycles. The highest BCUT2D eigenvalue weighted by Gasteiger charge is 2.25. The summed E-state index contributed by atoms with van der Waals surface area (Å²) in [5.41, 5.74) is 1.33. The number of nitrogens with one attached hydrogen (secondary N) is 1. The van der Waals surface area contributed by atoms with Gasteiger partial charge in [0, 0.05) is 6.04 Å². The summed E-state index contributed by atoms with van der Waals surface area (Å²) in [7, 11) is 3.59. The molecule has 0 spiro atoms. The molecule has 1 aromatic rings. The largest absolute Gasteiger partial charge is 0.495 e. The number of ether oxygens (including phenoxy) is 1. The van der Waals surface area contributed by atoms with E-state index < -0.39 is 0 Å². The lowest BCUT2D eigenvalue weighted by atomic mass is 9.82. The van der Waals surface area contributed by atoms with Gasteiger partial charge in [-0.15, -0.1) is 0 Å². The van der Waals surface area contributed by atoms with E-state index >= 15 is 0 Å². The molecular weight excluding hydrogens is 222 g/mol. The predicted molar refractivity (Wildman–Crippen MR) is 69.3 cm³/mol. The van der Waals surface area contributed by atoms with Crippen LogP contribution in [-0.4, -0.2) is 14.2 Å². The van der Waals surface area contributed by atoms with E-state index in [-0.39, 0.29) is 11.5 Å². The fraction of sp³-hybridized carbons (Fsp3) is 0.538. The molecule has 0 aromatic heterocycles. The first-order chi connectivity index (χ1) is 7.40. The minimum absolute atomic E-state index is 0.146. The monoisotopic (exact) mass is 241 g/mol. The highest BCUT2D eigenvalue weighted by Crippen LogP contribution is 2.35. The zero-order valence-corrected chi connectivity index (χ0v) is 11.4. The van der Waals surface area contributed by atoms with Crippen LogP contribution in [0.3, 0.4) is 0 Å². The SMILES string of the molecule is CNC(c1ccc(OC)c(Cl)c1)C(C)(C)C. The van der Waals surface area contributed by atoms with Gasteiger partial charge in [0.1, 0.15) is 5.75 Å². The second kappa shape index (κ2) is 5.07. The van der Waals surface area contributed by atoms with Crippen LogP contribution in [0.2, 0.25) is 5.02 Å². The Morgan fingerprint density at radius 1 is 1.31 bits per heavy atom. The summed E-state index contributed by atoms with van der Waals surface area (Å²) in [6, 6.07) is 6.20. The van der Waals surface area contributed by atoms with Gasteiger partial charge in [-0.3, -0.25) is 0 Å². The molecule has 0 radical (unpaired) electrons. The van der Waals surface area contributed by atoms with Gasteiger partial charge in [-0.05, 0) is 30.2 Å². The lowest BCUT2D eigenvalue weighted by Crippen LogP contribution is -2.29. The van der Waals surface area contributed by atoms with Crippen LogP contribution in [0.4, 0.5) is 0 Å². The van der Waals surface area contributed by atoms with Crippen molar-refractivity contribution >= 4 is 11.6 Å². The number of hydrogen-bond donors (Lipinski definition) is 1.